The maximum Gasteiger partial charge on any atom is 0.305 e. The second-order valence-corrected chi connectivity index (χ2v) is 12.6. The van der Waals surface area contributed by atoms with E-state index in [9.17, 15) is 13.2 Å². The molecule has 1 heterocycles. The summed E-state index contributed by atoms with van der Waals surface area (Å²) in [5, 5.41) is 0. The first-order chi connectivity index (χ1) is 16.5. The molecule has 0 spiro atoms. The van der Waals surface area contributed by atoms with Crippen molar-refractivity contribution in [3.05, 3.63) is 0 Å². The van der Waals surface area contributed by atoms with Gasteiger partial charge in [-0.05, 0) is 6.42 Å². The van der Waals surface area contributed by atoms with Crippen LogP contribution in [-0.4, -0.2) is 57.0 Å². The van der Waals surface area contributed by atoms with Crippen LogP contribution >= 0.6 is 0 Å². The average molecular weight is 502 g/mol. The first kappa shape index (κ1) is 31.4. The third-order valence-corrected chi connectivity index (χ3v) is 8.70. The lowest BCUT2D eigenvalue weighted by Gasteiger charge is -2.26. The van der Waals surface area contributed by atoms with Gasteiger partial charge in [-0.15, -0.1) is 0 Å². The van der Waals surface area contributed by atoms with Crippen LogP contribution in [0.5, 0.6) is 0 Å². The van der Waals surface area contributed by atoms with Crippen molar-refractivity contribution in [1.29, 1.82) is 0 Å². The summed E-state index contributed by atoms with van der Waals surface area (Å²) in [6.07, 6.45) is 26.2. The summed E-state index contributed by atoms with van der Waals surface area (Å²) >= 11 is 0. The smallest absolute Gasteiger partial charge is 0.305 e. The summed E-state index contributed by atoms with van der Waals surface area (Å²) in [6.45, 7) is 4.40. The Morgan fingerprint density at radius 2 is 1.03 bits per heavy atom. The van der Waals surface area contributed by atoms with E-state index in [1.807, 2.05) is 0 Å². The molecule has 0 radical (unpaired) electrons. The van der Waals surface area contributed by atoms with Crippen molar-refractivity contribution in [2.24, 2.45) is 0 Å². The first-order valence-corrected chi connectivity index (χ1v) is 16.4. The van der Waals surface area contributed by atoms with Crippen LogP contribution in [-0.2, 0) is 19.4 Å². The molecule has 0 aromatic carbocycles. The Morgan fingerprint density at radius 3 is 1.44 bits per heavy atom. The monoisotopic (exact) mass is 501 g/mol. The number of carbonyl (C=O) groups is 1. The number of sulfone groups is 1. The van der Waals surface area contributed by atoms with Gasteiger partial charge in [0.05, 0.1) is 11.5 Å². The maximum atomic E-state index is 11.8. The molecule has 0 atom stereocenters. The molecule has 34 heavy (non-hydrogen) atoms. The number of nitrogens with zero attached hydrogens (tertiary/aromatic N) is 1. The Bertz CT molecular complexity index is 565. The molecule has 0 aliphatic carbocycles. The quantitative estimate of drug-likeness (QED) is 0.111. The van der Waals surface area contributed by atoms with Crippen molar-refractivity contribution in [1.82, 2.24) is 4.90 Å². The number of ether oxygens (including phenoxy) is 1. The molecule has 1 fully saturated rings. The van der Waals surface area contributed by atoms with Crippen LogP contribution in [0.25, 0.3) is 0 Å². The summed E-state index contributed by atoms with van der Waals surface area (Å²) in [5.41, 5.74) is 0. The lowest BCUT2D eigenvalue weighted by atomic mass is 10.0. The maximum absolute atomic E-state index is 11.8. The molecule has 1 aliphatic rings. The largest absolute Gasteiger partial charge is 0.464 e. The number of hydrogen-bond donors (Lipinski definition) is 0. The van der Waals surface area contributed by atoms with Gasteiger partial charge in [-0.3, -0.25) is 9.69 Å². The molecule has 1 aliphatic heterocycles. The highest BCUT2D eigenvalue weighted by Gasteiger charge is 2.21. The molecule has 0 bridgehead atoms. The molecule has 6 heteroatoms. The van der Waals surface area contributed by atoms with Crippen LogP contribution in [0.4, 0.5) is 0 Å². The Kier molecular flexibility index (Phi) is 20.0. The third kappa shape index (κ3) is 19.7. The summed E-state index contributed by atoms with van der Waals surface area (Å²) in [7, 11) is -2.84. The van der Waals surface area contributed by atoms with E-state index in [1.165, 1.54) is 109 Å². The zero-order valence-corrected chi connectivity index (χ0v) is 23.2. The summed E-state index contributed by atoms with van der Waals surface area (Å²) in [5.74, 6) is 0.331. The Labute approximate surface area is 211 Å². The van der Waals surface area contributed by atoms with Gasteiger partial charge in [0.1, 0.15) is 6.61 Å². The van der Waals surface area contributed by atoms with Crippen molar-refractivity contribution in [3.63, 3.8) is 0 Å². The molecule has 0 N–H and O–H groups in total. The van der Waals surface area contributed by atoms with E-state index < -0.39 is 9.84 Å². The Hall–Kier alpha value is -0.620. The van der Waals surface area contributed by atoms with Gasteiger partial charge < -0.3 is 4.74 Å². The molecule has 1 rings (SSSR count). The zero-order valence-electron chi connectivity index (χ0n) is 22.4. The van der Waals surface area contributed by atoms with Crippen molar-refractivity contribution < 1.29 is 17.9 Å². The van der Waals surface area contributed by atoms with Gasteiger partial charge in [-0.2, -0.15) is 0 Å². The van der Waals surface area contributed by atoms with Crippen molar-refractivity contribution in [2.75, 3.05) is 37.7 Å². The van der Waals surface area contributed by atoms with Gasteiger partial charge in [-0.25, -0.2) is 8.42 Å². The fraction of sp³-hybridized carbons (Fsp3) is 0.964. The van der Waals surface area contributed by atoms with Gasteiger partial charge in [0.2, 0.25) is 0 Å². The van der Waals surface area contributed by atoms with E-state index >= 15 is 0 Å². The molecule has 5 nitrogen and oxygen atoms in total. The van der Waals surface area contributed by atoms with E-state index in [4.69, 9.17) is 4.74 Å². The summed E-state index contributed by atoms with van der Waals surface area (Å²) < 4.78 is 28.1. The molecule has 0 unspecified atom stereocenters. The van der Waals surface area contributed by atoms with Crippen LogP contribution < -0.4 is 0 Å². The minimum atomic E-state index is -2.84. The van der Waals surface area contributed by atoms with Gasteiger partial charge in [0.15, 0.2) is 9.84 Å². The second-order valence-electron chi connectivity index (χ2n) is 10.3. The van der Waals surface area contributed by atoms with Gasteiger partial charge in [-0.1, -0.05) is 122 Å². The van der Waals surface area contributed by atoms with E-state index in [1.54, 1.807) is 0 Å². The average Bonchev–Trinajstić information content (AvgIpc) is 2.81. The van der Waals surface area contributed by atoms with Gasteiger partial charge >= 0.3 is 5.97 Å². The zero-order chi connectivity index (χ0) is 24.7. The van der Waals surface area contributed by atoms with Crippen LogP contribution in [0.2, 0.25) is 0 Å². The number of esters is 1. The molecule has 0 aromatic rings. The van der Waals surface area contributed by atoms with Gasteiger partial charge in [0, 0.05) is 26.1 Å². The predicted molar refractivity (Wildman–Crippen MR) is 144 cm³/mol. The van der Waals surface area contributed by atoms with E-state index in [-0.39, 0.29) is 17.5 Å². The standard InChI is InChI=1S/C28H55NO4S/c1-2-3-4-5-6-7-8-9-10-11-12-13-14-15-16-17-18-19-20-21-28(30)33-25-22-29-23-26-34(31,32)27-24-29/h2-27H2,1H3. The van der Waals surface area contributed by atoms with Crippen molar-refractivity contribution in [3.8, 4) is 0 Å². The highest BCUT2D eigenvalue weighted by molar-refractivity contribution is 7.91. The Balaban J connectivity index is 1.73. The summed E-state index contributed by atoms with van der Waals surface area (Å²) in [6, 6.07) is 0. The molecule has 202 valence electrons. The molecular weight excluding hydrogens is 446 g/mol. The summed E-state index contributed by atoms with van der Waals surface area (Å²) in [4.78, 5) is 13.9. The highest BCUT2D eigenvalue weighted by atomic mass is 32.2. The SMILES string of the molecule is CCCCCCCCCCCCCCCCCCCCCC(=O)OCCN1CCS(=O)(=O)CC1. The van der Waals surface area contributed by atoms with Crippen molar-refractivity contribution >= 4 is 15.8 Å². The minimum Gasteiger partial charge on any atom is -0.464 e. The lowest BCUT2D eigenvalue weighted by molar-refractivity contribution is -0.144. The second kappa shape index (κ2) is 21.6. The van der Waals surface area contributed by atoms with Crippen LogP contribution in [0, 0.1) is 0 Å². The minimum absolute atomic E-state index is 0.114. The predicted octanol–water partition coefficient (Wildman–Crippen LogP) is 7.08. The third-order valence-electron chi connectivity index (χ3n) is 7.09. The van der Waals surface area contributed by atoms with Crippen LogP contribution in [0.15, 0.2) is 0 Å². The topological polar surface area (TPSA) is 63.7 Å². The molecular formula is C28H55NO4S. The number of carbonyl (C=O) groups excluding carboxylic acids is 1. The van der Waals surface area contributed by atoms with Crippen LogP contribution in [0.1, 0.15) is 135 Å². The normalized spacial score (nSPS) is 16.0. The molecule has 0 saturated carbocycles. The fourth-order valence-corrected chi connectivity index (χ4v) is 5.96. The lowest BCUT2D eigenvalue weighted by Crippen LogP contribution is -2.41. The highest BCUT2D eigenvalue weighted by Crippen LogP contribution is 2.15. The first-order valence-electron chi connectivity index (χ1n) is 14.6. The van der Waals surface area contributed by atoms with Crippen LogP contribution in [0.3, 0.4) is 0 Å². The number of unbranched alkanes of at least 4 members (excludes halogenated alkanes) is 18. The number of hydrogen-bond acceptors (Lipinski definition) is 5. The molecule has 1 saturated heterocycles. The van der Waals surface area contributed by atoms with Crippen molar-refractivity contribution in [2.45, 2.75) is 135 Å². The molecule has 0 aromatic heterocycles. The fourth-order valence-electron chi connectivity index (χ4n) is 4.68. The molecule has 0 amide bonds. The van der Waals surface area contributed by atoms with Gasteiger partial charge in [0.25, 0.3) is 0 Å². The van der Waals surface area contributed by atoms with E-state index in [0.29, 0.717) is 32.7 Å². The van der Waals surface area contributed by atoms with E-state index in [2.05, 4.69) is 11.8 Å². The van der Waals surface area contributed by atoms with E-state index in [0.717, 1.165) is 12.8 Å². The Morgan fingerprint density at radius 1 is 0.647 bits per heavy atom. The number of rotatable bonds is 23.